The number of carbonyl (C=O) groups excluding carboxylic acids is 1. The third kappa shape index (κ3) is 2.83. The topological polar surface area (TPSA) is 50.6 Å². The van der Waals surface area contributed by atoms with Gasteiger partial charge in [-0.1, -0.05) is 12.1 Å². The summed E-state index contributed by atoms with van der Waals surface area (Å²) < 4.78 is 9.08. The number of aromatic nitrogens is 2. The summed E-state index contributed by atoms with van der Waals surface area (Å²) in [6.45, 7) is 4.33. The van der Waals surface area contributed by atoms with E-state index in [4.69, 9.17) is 9.72 Å². The molecule has 4 heterocycles. The predicted octanol–water partition coefficient (Wildman–Crippen LogP) is 3.86. The molecule has 0 radical (unpaired) electrons. The van der Waals surface area contributed by atoms with Gasteiger partial charge in [0.25, 0.3) is 0 Å². The standard InChI is InChI=1S/C23H28N4O2/c28-22(25-11-3-4-12-25)26-13-9-23(10-14-26)21-20(18-5-1-2-6-19(18)29-23)24-16-27(21)15-17-7-8-17/h1-2,5-6,16-17H,3-4,7-15H2. The maximum absolute atomic E-state index is 12.9. The number of imidazole rings is 1. The molecule has 0 N–H and O–H groups in total. The van der Waals surface area contributed by atoms with Crippen LogP contribution in [0.2, 0.25) is 0 Å². The molecule has 0 unspecified atom stereocenters. The maximum atomic E-state index is 12.9. The molecule has 6 heteroatoms. The number of nitrogens with zero attached hydrogens (tertiary/aromatic N) is 4. The molecule has 2 aromatic rings. The molecule has 3 aliphatic heterocycles. The first-order valence-corrected chi connectivity index (χ1v) is 11.1. The number of benzene rings is 1. The fourth-order valence-electron chi connectivity index (χ4n) is 5.29. The Labute approximate surface area is 171 Å². The minimum absolute atomic E-state index is 0.209. The van der Waals surface area contributed by atoms with E-state index in [9.17, 15) is 4.79 Å². The number of hydrogen-bond donors (Lipinski definition) is 0. The van der Waals surface area contributed by atoms with E-state index in [0.29, 0.717) is 0 Å². The van der Waals surface area contributed by atoms with E-state index >= 15 is 0 Å². The van der Waals surface area contributed by atoms with Gasteiger partial charge in [-0.2, -0.15) is 0 Å². The lowest BCUT2D eigenvalue weighted by atomic mass is 9.83. The summed E-state index contributed by atoms with van der Waals surface area (Å²) in [7, 11) is 0. The normalized spacial score (nSPS) is 22.3. The molecule has 2 amide bonds. The summed E-state index contributed by atoms with van der Waals surface area (Å²) in [5.41, 5.74) is 3.03. The third-order valence-corrected chi connectivity index (χ3v) is 7.09. The zero-order valence-electron chi connectivity index (χ0n) is 16.8. The van der Waals surface area contributed by atoms with E-state index in [1.165, 1.54) is 18.5 Å². The van der Waals surface area contributed by atoms with Crippen LogP contribution in [-0.2, 0) is 12.1 Å². The van der Waals surface area contributed by atoms with Gasteiger partial charge in [-0.3, -0.25) is 0 Å². The van der Waals surface area contributed by atoms with E-state index < -0.39 is 0 Å². The molecular weight excluding hydrogens is 364 g/mol. The van der Waals surface area contributed by atoms with Crippen LogP contribution in [0.3, 0.4) is 0 Å². The number of fused-ring (bicyclic) bond motifs is 4. The Morgan fingerprint density at radius 2 is 1.79 bits per heavy atom. The second kappa shape index (κ2) is 6.51. The highest BCUT2D eigenvalue weighted by atomic mass is 16.5. The van der Waals surface area contributed by atoms with Crippen molar-refractivity contribution in [3.05, 3.63) is 36.3 Å². The first-order valence-electron chi connectivity index (χ1n) is 11.1. The first-order chi connectivity index (χ1) is 14.2. The predicted molar refractivity (Wildman–Crippen MR) is 110 cm³/mol. The number of rotatable bonds is 2. The van der Waals surface area contributed by atoms with E-state index in [1.807, 2.05) is 22.2 Å². The minimum atomic E-state index is -0.378. The second-order valence-electron chi connectivity index (χ2n) is 9.09. The van der Waals surface area contributed by atoms with Gasteiger partial charge in [-0.05, 0) is 43.7 Å². The number of amides is 2. The van der Waals surface area contributed by atoms with Crippen LogP contribution in [-0.4, -0.2) is 51.6 Å². The van der Waals surface area contributed by atoms with E-state index in [-0.39, 0.29) is 11.6 Å². The van der Waals surface area contributed by atoms with Crippen LogP contribution in [0.1, 0.15) is 44.2 Å². The molecule has 0 bridgehead atoms. The van der Waals surface area contributed by atoms with Crippen LogP contribution < -0.4 is 4.74 Å². The van der Waals surface area contributed by atoms with E-state index in [2.05, 4.69) is 22.8 Å². The lowest BCUT2D eigenvalue weighted by Gasteiger charge is -2.45. The molecule has 4 aliphatic rings. The molecule has 3 fully saturated rings. The monoisotopic (exact) mass is 392 g/mol. The Hall–Kier alpha value is -2.50. The molecule has 2 saturated heterocycles. The van der Waals surface area contributed by atoms with Crippen LogP contribution in [0, 0.1) is 5.92 Å². The van der Waals surface area contributed by atoms with Crippen LogP contribution >= 0.6 is 0 Å². The summed E-state index contributed by atoms with van der Waals surface area (Å²) in [5.74, 6) is 1.70. The molecule has 1 aromatic carbocycles. The number of ether oxygens (including phenoxy) is 1. The lowest BCUT2D eigenvalue weighted by Crippen LogP contribution is -2.52. The van der Waals surface area contributed by atoms with Gasteiger partial charge < -0.3 is 19.1 Å². The summed E-state index contributed by atoms with van der Waals surface area (Å²) in [4.78, 5) is 21.8. The minimum Gasteiger partial charge on any atom is -0.480 e. The third-order valence-electron chi connectivity index (χ3n) is 7.09. The lowest BCUT2D eigenvalue weighted by molar-refractivity contribution is -0.00458. The van der Waals surface area contributed by atoms with Crippen molar-refractivity contribution in [3.63, 3.8) is 0 Å². The maximum Gasteiger partial charge on any atom is 0.320 e. The van der Waals surface area contributed by atoms with Crippen molar-refractivity contribution in [2.75, 3.05) is 26.2 Å². The van der Waals surface area contributed by atoms with E-state index in [1.54, 1.807) is 0 Å². The quantitative estimate of drug-likeness (QED) is 0.780. The van der Waals surface area contributed by atoms with Gasteiger partial charge >= 0.3 is 6.03 Å². The van der Waals surface area contributed by atoms with Gasteiger partial charge in [0.2, 0.25) is 0 Å². The highest BCUT2D eigenvalue weighted by molar-refractivity contribution is 5.75. The van der Waals surface area contributed by atoms with Gasteiger partial charge in [0.05, 0.1) is 17.7 Å². The Morgan fingerprint density at radius 3 is 2.55 bits per heavy atom. The van der Waals surface area contributed by atoms with Crippen LogP contribution in [0.15, 0.2) is 30.6 Å². The molecule has 1 saturated carbocycles. The fourth-order valence-corrected chi connectivity index (χ4v) is 5.29. The van der Waals surface area contributed by atoms with Gasteiger partial charge in [-0.15, -0.1) is 0 Å². The molecule has 1 aromatic heterocycles. The number of piperidine rings is 1. The fraction of sp³-hybridized carbons (Fsp3) is 0.565. The number of likely N-dealkylation sites (tertiary alicyclic amines) is 2. The highest BCUT2D eigenvalue weighted by Gasteiger charge is 2.47. The number of para-hydroxylation sites is 1. The molecule has 0 atom stereocenters. The molecular formula is C23H28N4O2. The summed E-state index contributed by atoms with van der Waals surface area (Å²) in [5, 5.41) is 0. The van der Waals surface area contributed by atoms with Crippen LogP contribution in [0.25, 0.3) is 11.3 Å². The zero-order valence-corrected chi connectivity index (χ0v) is 16.8. The van der Waals surface area contributed by atoms with Crippen molar-refractivity contribution in [2.45, 2.75) is 50.7 Å². The average Bonchev–Trinajstić information content (AvgIpc) is 3.22. The smallest absolute Gasteiger partial charge is 0.320 e. The van der Waals surface area contributed by atoms with Crippen molar-refractivity contribution in [3.8, 4) is 17.0 Å². The SMILES string of the molecule is O=C(N1CCCC1)N1CCC2(CC1)Oc1ccccc1-c1ncn(CC3CC3)c12. The van der Waals surface area contributed by atoms with Crippen molar-refractivity contribution in [1.29, 1.82) is 0 Å². The Bertz CT molecular complexity index is 934. The number of urea groups is 1. The number of carbonyl (C=O) groups is 1. The summed E-state index contributed by atoms with van der Waals surface area (Å²) >= 11 is 0. The van der Waals surface area contributed by atoms with Crippen molar-refractivity contribution in [2.24, 2.45) is 5.92 Å². The van der Waals surface area contributed by atoms with Crippen LogP contribution in [0.5, 0.6) is 5.75 Å². The van der Waals surface area contributed by atoms with Gasteiger partial charge in [0, 0.05) is 51.1 Å². The van der Waals surface area contributed by atoms with Crippen molar-refractivity contribution in [1.82, 2.24) is 19.4 Å². The Balaban J connectivity index is 1.32. The van der Waals surface area contributed by atoms with Crippen LogP contribution in [0.4, 0.5) is 4.79 Å². The molecule has 6 rings (SSSR count). The first kappa shape index (κ1) is 17.4. The zero-order chi connectivity index (χ0) is 19.4. The molecule has 1 spiro atoms. The second-order valence-corrected chi connectivity index (χ2v) is 9.09. The summed E-state index contributed by atoms with van der Waals surface area (Å²) in [6, 6.07) is 8.47. The van der Waals surface area contributed by atoms with E-state index in [0.717, 1.165) is 81.3 Å². The molecule has 29 heavy (non-hydrogen) atoms. The Morgan fingerprint density at radius 1 is 1.07 bits per heavy atom. The molecule has 152 valence electrons. The Kier molecular flexibility index (Phi) is 3.90. The largest absolute Gasteiger partial charge is 0.480 e. The summed E-state index contributed by atoms with van der Waals surface area (Å²) in [6.07, 6.45) is 8.55. The molecule has 1 aliphatic carbocycles. The van der Waals surface area contributed by atoms with Crippen molar-refractivity contribution < 1.29 is 9.53 Å². The average molecular weight is 393 g/mol. The van der Waals surface area contributed by atoms with Gasteiger partial charge in [0.1, 0.15) is 5.75 Å². The number of hydrogen-bond acceptors (Lipinski definition) is 3. The van der Waals surface area contributed by atoms with Gasteiger partial charge in [-0.25, -0.2) is 9.78 Å². The molecule has 6 nitrogen and oxygen atoms in total. The van der Waals surface area contributed by atoms with Gasteiger partial charge in [0.15, 0.2) is 5.60 Å². The van der Waals surface area contributed by atoms with Crippen molar-refractivity contribution >= 4 is 6.03 Å². The highest BCUT2D eigenvalue weighted by Crippen LogP contribution is 2.49.